The van der Waals surface area contributed by atoms with Crippen molar-refractivity contribution in [3.8, 4) is 11.5 Å². The molecule has 1 N–H and O–H groups in total. The van der Waals surface area contributed by atoms with E-state index in [-0.39, 0.29) is 6.61 Å². The minimum absolute atomic E-state index is 0.288. The SMILES string of the molecule is COc1ccc(CN(C)CCC2CCOCC2)cc1OC[C@@H](O)CN1CCCCC1. The molecule has 170 valence electrons. The lowest BCUT2D eigenvalue weighted by Crippen LogP contribution is -2.38. The number of rotatable bonds is 11. The fourth-order valence-electron chi connectivity index (χ4n) is 4.44. The number of ether oxygens (including phenoxy) is 3. The van der Waals surface area contributed by atoms with E-state index in [4.69, 9.17) is 14.2 Å². The van der Waals surface area contributed by atoms with Crippen molar-refractivity contribution in [2.75, 3.05) is 60.2 Å². The van der Waals surface area contributed by atoms with E-state index in [0.29, 0.717) is 18.0 Å². The van der Waals surface area contributed by atoms with Crippen molar-refractivity contribution < 1.29 is 19.3 Å². The molecule has 0 aliphatic carbocycles. The molecule has 1 aromatic rings. The molecular weight excluding hydrogens is 380 g/mol. The smallest absolute Gasteiger partial charge is 0.161 e. The molecule has 2 heterocycles. The summed E-state index contributed by atoms with van der Waals surface area (Å²) in [5.41, 5.74) is 1.20. The van der Waals surface area contributed by atoms with E-state index in [1.807, 2.05) is 6.07 Å². The van der Waals surface area contributed by atoms with Crippen LogP contribution in [0.25, 0.3) is 0 Å². The third kappa shape index (κ3) is 7.73. The molecule has 0 bridgehead atoms. The summed E-state index contributed by atoms with van der Waals surface area (Å²) < 4.78 is 16.9. The Kier molecular flexibility index (Phi) is 9.72. The average molecular weight is 421 g/mol. The van der Waals surface area contributed by atoms with Crippen LogP contribution in [-0.4, -0.2) is 81.2 Å². The zero-order valence-corrected chi connectivity index (χ0v) is 18.9. The van der Waals surface area contributed by atoms with Crippen molar-refractivity contribution in [2.24, 2.45) is 5.92 Å². The topological polar surface area (TPSA) is 54.4 Å². The molecule has 2 aliphatic rings. The van der Waals surface area contributed by atoms with E-state index in [1.54, 1.807) is 7.11 Å². The zero-order chi connectivity index (χ0) is 21.2. The zero-order valence-electron chi connectivity index (χ0n) is 18.9. The van der Waals surface area contributed by atoms with Crippen LogP contribution in [0.15, 0.2) is 18.2 Å². The van der Waals surface area contributed by atoms with E-state index in [0.717, 1.165) is 45.3 Å². The first kappa shape index (κ1) is 23.3. The van der Waals surface area contributed by atoms with Crippen LogP contribution in [0.1, 0.15) is 44.1 Å². The Morgan fingerprint density at radius 2 is 1.93 bits per heavy atom. The summed E-state index contributed by atoms with van der Waals surface area (Å²) in [5.74, 6) is 2.22. The number of methoxy groups -OCH3 is 1. The molecule has 1 aromatic carbocycles. The first-order chi connectivity index (χ1) is 14.6. The Balaban J connectivity index is 1.47. The Bertz CT molecular complexity index is 615. The van der Waals surface area contributed by atoms with Crippen LogP contribution >= 0.6 is 0 Å². The molecule has 2 fully saturated rings. The highest BCUT2D eigenvalue weighted by Gasteiger charge is 2.17. The second-order valence-electron chi connectivity index (χ2n) is 8.89. The number of piperidine rings is 1. The normalized spacial score (nSPS) is 19.7. The third-order valence-electron chi connectivity index (χ3n) is 6.29. The molecule has 6 heteroatoms. The number of β-amino-alcohol motifs (C(OH)–C–C–N with tert-alkyl or cyclic N) is 1. The van der Waals surface area contributed by atoms with Gasteiger partial charge in [0.1, 0.15) is 12.7 Å². The van der Waals surface area contributed by atoms with E-state index in [9.17, 15) is 5.11 Å². The summed E-state index contributed by atoms with van der Waals surface area (Å²) in [7, 11) is 3.83. The molecule has 2 saturated heterocycles. The first-order valence-electron chi connectivity index (χ1n) is 11.6. The van der Waals surface area contributed by atoms with Crippen molar-refractivity contribution in [1.82, 2.24) is 9.80 Å². The fraction of sp³-hybridized carbons (Fsp3) is 0.750. The Morgan fingerprint density at radius 1 is 1.17 bits per heavy atom. The largest absolute Gasteiger partial charge is 0.493 e. The number of hydrogen-bond acceptors (Lipinski definition) is 6. The van der Waals surface area contributed by atoms with Gasteiger partial charge in [0.05, 0.1) is 7.11 Å². The maximum atomic E-state index is 10.4. The lowest BCUT2D eigenvalue weighted by molar-refractivity contribution is 0.0605. The van der Waals surface area contributed by atoms with E-state index < -0.39 is 6.10 Å². The standard InChI is InChI=1S/C24H40N2O4/c1-25(13-8-20-9-14-29-15-10-20)17-21-6-7-23(28-2)24(16-21)30-19-22(27)18-26-11-4-3-5-12-26/h6-7,16,20,22,27H,3-5,8-15,17-19H2,1-2H3/t22-/m0/s1. The minimum atomic E-state index is -0.487. The van der Waals surface area contributed by atoms with E-state index in [2.05, 4.69) is 29.0 Å². The van der Waals surface area contributed by atoms with Crippen LogP contribution in [0.5, 0.6) is 11.5 Å². The molecule has 0 aromatic heterocycles. The van der Waals surface area contributed by atoms with Gasteiger partial charge in [0.2, 0.25) is 0 Å². The van der Waals surface area contributed by atoms with Crippen molar-refractivity contribution in [3.63, 3.8) is 0 Å². The van der Waals surface area contributed by atoms with Crippen LogP contribution in [0.3, 0.4) is 0 Å². The summed E-state index contributed by atoms with van der Waals surface area (Å²) in [5, 5.41) is 10.4. The highest BCUT2D eigenvalue weighted by atomic mass is 16.5. The molecule has 0 spiro atoms. The van der Waals surface area contributed by atoms with Crippen molar-refractivity contribution in [2.45, 2.75) is 51.2 Å². The van der Waals surface area contributed by atoms with Gasteiger partial charge in [-0.25, -0.2) is 0 Å². The van der Waals surface area contributed by atoms with Gasteiger partial charge < -0.3 is 29.1 Å². The number of aliphatic hydroxyl groups is 1. The Morgan fingerprint density at radius 3 is 2.67 bits per heavy atom. The molecule has 0 saturated carbocycles. The van der Waals surface area contributed by atoms with Gasteiger partial charge in [-0.05, 0) is 82.4 Å². The molecule has 1 atom stereocenters. The molecule has 0 amide bonds. The summed E-state index contributed by atoms with van der Waals surface area (Å²) in [6, 6.07) is 6.12. The van der Waals surface area contributed by atoms with Crippen LogP contribution in [0.2, 0.25) is 0 Å². The van der Waals surface area contributed by atoms with Gasteiger partial charge in [-0.1, -0.05) is 12.5 Å². The number of benzene rings is 1. The summed E-state index contributed by atoms with van der Waals surface area (Å²) in [4.78, 5) is 4.70. The average Bonchev–Trinajstić information content (AvgIpc) is 2.78. The second kappa shape index (κ2) is 12.5. The molecule has 0 unspecified atom stereocenters. The summed E-state index contributed by atoms with van der Waals surface area (Å²) in [6.07, 6.45) is 6.87. The minimum Gasteiger partial charge on any atom is -0.493 e. The molecule has 0 radical (unpaired) electrons. The van der Waals surface area contributed by atoms with Gasteiger partial charge in [-0.15, -0.1) is 0 Å². The third-order valence-corrected chi connectivity index (χ3v) is 6.29. The summed E-state index contributed by atoms with van der Waals surface area (Å²) in [6.45, 7) is 6.91. The van der Waals surface area contributed by atoms with E-state index in [1.165, 1.54) is 44.1 Å². The Labute approximate surface area is 182 Å². The lowest BCUT2D eigenvalue weighted by atomic mass is 9.96. The molecule has 6 nitrogen and oxygen atoms in total. The van der Waals surface area contributed by atoms with Crippen LogP contribution < -0.4 is 9.47 Å². The maximum absolute atomic E-state index is 10.4. The fourth-order valence-corrected chi connectivity index (χ4v) is 4.44. The number of nitrogens with zero attached hydrogens (tertiary/aromatic N) is 2. The van der Waals surface area contributed by atoms with Crippen LogP contribution in [0, 0.1) is 5.92 Å². The van der Waals surface area contributed by atoms with Gasteiger partial charge in [0, 0.05) is 26.3 Å². The maximum Gasteiger partial charge on any atom is 0.161 e. The number of hydrogen-bond donors (Lipinski definition) is 1. The van der Waals surface area contributed by atoms with Gasteiger partial charge in [0.15, 0.2) is 11.5 Å². The highest BCUT2D eigenvalue weighted by molar-refractivity contribution is 5.43. The predicted molar refractivity (Wildman–Crippen MR) is 119 cm³/mol. The van der Waals surface area contributed by atoms with Crippen LogP contribution in [0.4, 0.5) is 0 Å². The molecular formula is C24H40N2O4. The lowest BCUT2D eigenvalue weighted by Gasteiger charge is -2.28. The predicted octanol–water partition coefficient (Wildman–Crippen LogP) is 3.17. The van der Waals surface area contributed by atoms with Gasteiger partial charge >= 0.3 is 0 Å². The van der Waals surface area contributed by atoms with Crippen molar-refractivity contribution >= 4 is 0 Å². The van der Waals surface area contributed by atoms with Gasteiger partial charge in [-0.3, -0.25) is 0 Å². The Hall–Kier alpha value is -1.34. The molecule has 3 rings (SSSR count). The molecule has 30 heavy (non-hydrogen) atoms. The molecule has 2 aliphatic heterocycles. The number of likely N-dealkylation sites (tertiary alicyclic amines) is 1. The van der Waals surface area contributed by atoms with Crippen LogP contribution in [-0.2, 0) is 11.3 Å². The van der Waals surface area contributed by atoms with Crippen molar-refractivity contribution in [3.05, 3.63) is 23.8 Å². The second-order valence-corrected chi connectivity index (χ2v) is 8.89. The van der Waals surface area contributed by atoms with Gasteiger partial charge in [-0.2, -0.15) is 0 Å². The van der Waals surface area contributed by atoms with Crippen molar-refractivity contribution in [1.29, 1.82) is 0 Å². The first-order valence-corrected chi connectivity index (χ1v) is 11.6. The van der Waals surface area contributed by atoms with E-state index >= 15 is 0 Å². The monoisotopic (exact) mass is 420 g/mol. The highest BCUT2D eigenvalue weighted by Crippen LogP contribution is 2.29. The summed E-state index contributed by atoms with van der Waals surface area (Å²) >= 11 is 0. The van der Waals surface area contributed by atoms with Gasteiger partial charge in [0.25, 0.3) is 0 Å². The quantitative estimate of drug-likeness (QED) is 0.593. The number of aliphatic hydroxyl groups excluding tert-OH is 1.